The van der Waals surface area contributed by atoms with E-state index in [4.69, 9.17) is 4.42 Å². The first-order chi connectivity index (χ1) is 8.58. The maximum Gasteiger partial charge on any atom is 0.219 e. The maximum absolute atomic E-state index is 11.3. The second kappa shape index (κ2) is 5.57. The van der Waals surface area contributed by atoms with Gasteiger partial charge in [0.15, 0.2) is 0 Å². The monoisotopic (exact) mass is 250 g/mol. The summed E-state index contributed by atoms with van der Waals surface area (Å²) in [6, 6.07) is 2.45. The van der Waals surface area contributed by atoms with Gasteiger partial charge in [-0.15, -0.1) is 0 Å². The Morgan fingerprint density at radius 3 is 2.94 bits per heavy atom. The van der Waals surface area contributed by atoms with Crippen LogP contribution in [0.3, 0.4) is 0 Å². The van der Waals surface area contributed by atoms with Crippen molar-refractivity contribution in [2.24, 2.45) is 5.92 Å². The number of likely N-dealkylation sites (tertiary alicyclic amines) is 1. The summed E-state index contributed by atoms with van der Waals surface area (Å²) in [6.45, 7) is 8.38. The number of piperidine rings is 1. The van der Waals surface area contributed by atoms with Crippen LogP contribution < -0.4 is 5.32 Å². The number of nitrogens with zero attached hydrogens (tertiary/aromatic N) is 1. The molecule has 2 heterocycles. The second-order valence-corrected chi connectivity index (χ2v) is 5.25. The predicted molar refractivity (Wildman–Crippen MR) is 70.1 cm³/mol. The fraction of sp³-hybridized carbons (Fsp3) is 0.643. The number of rotatable bonds is 3. The first-order valence-corrected chi connectivity index (χ1v) is 6.59. The normalized spacial score (nSPS) is 24.3. The van der Waals surface area contributed by atoms with E-state index < -0.39 is 0 Å². The number of carbonyl (C=O) groups excluding carboxylic acids is 1. The van der Waals surface area contributed by atoms with E-state index in [0.29, 0.717) is 12.0 Å². The highest BCUT2D eigenvalue weighted by molar-refractivity contribution is 5.73. The van der Waals surface area contributed by atoms with Gasteiger partial charge in [-0.3, -0.25) is 4.79 Å². The van der Waals surface area contributed by atoms with Crippen LogP contribution in [0.25, 0.3) is 0 Å². The van der Waals surface area contributed by atoms with Crippen LogP contribution >= 0.6 is 0 Å². The Balaban J connectivity index is 1.84. The lowest BCUT2D eigenvalue weighted by molar-refractivity contribution is -0.130. The number of hydrogen-bond donors (Lipinski definition) is 1. The molecule has 1 fully saturated rings. The topological polar surface area (TPSA) is 45.5 Å². The summed E-state index contributed by atoms with van der Waals surface area (Å²) >= 11 is 0. The molecule has 1 aromatic rings. The summed E-state index contributed by atoms with van der Waals surface area (Å²) in [6.07, 6.45) is 2.74. The van der Waals surface area contributed by atoms with E-state index in [1.54, 1.807) is 13.2 Å². The Morgan fingerprint density at radius 1 is 1.61 bits per heavy atom. The van der Waals surface area contributed by atoms with E-state index in [0.717, 1.165) is 31.8 Å². The van der Waals surface area contributed by atoms with Crippen LogP contribution in [0, 0.1) is 12.8 Å². The Labute approximate surface area is 108 Å². The standard InChI is InChI=1S/C14H22N2O2/c1-10-5-7-18-14(10)8-15-13-4-6-16(12(3)17)9-11(13)2/h5,7,11,13,15H,4,6,8-9H2,1-3H3. The van der Waals surface area contributed by atoms with Crippen LogP contribution in [-0.2, 0) is 11.3 Å². The minimum Gasteiger partial charge on any atom is -0.468 e. The maximum atomic E-state index is 11.3. The summed E-state index contributed by atoms with van der Waals surface area (Å²) < 4.78 is 5.42. The van der Waals surface area contributed by atoms with Gasteiger partial charge in [0.2, 0.25) is 5.91 Å². The van der Waals surface area contributed by atoms with Gasteiger partial charge in [-0.1, -0.05) is 6.92 Å². The zero-order valence-electron chi connectivity index (χ0n) is 11.4. The van der Waals surface area contributed by atoms with E-state index in [2.05, 4.69) is 19.2 Å². The van der Waals surface area contributed by atoms with Gasteiger partial charge in [-0.05, 0) is 30.9 Å². The number of hydrogen-bond acceptors (Lipinski definition) is 3. The summed E-state index contributed by atoms with van der Waals surface area (Å²) in [5.74, 6) is 1.68. The third-order valence-corrected chi connectivity index (χ3v) is 3.84. The fourth-order valence-electron chi connectivity index (χ4n) is 2.54. The molecule has 1 aromatic heterocycles. The summed E-state index contributed by atoms with van der Waals surface area (Å²) in [5, 5.41) is 3.54. The minimum atomic E-state index is 0.183. The molecule has 1 amide bonds. The van der Waals surface area contributed by atoms with Crippen LogP contribution in [0.4, 0.5) is 0 Å². The number of aryl methyl sites for hydroxylation is 1. The van der Waals surface area contributed by atoms with E-state index in [1.165, 1.54) is 5.56 Å². The second-order valence-electron chi connectivity index (χ2n) is 5.25. The van der Waals surface area contributed by atoms with Crippen LogP contribution in [0.15, 0.2) is 16.7 Å². The quantitative estimate of drug-likeness (QED) is 0.891. The van der Waals surface area contributed by atoms with E-state index in [9.17, 15) is 4.79 Å². The molecule has 1 aliphatic heterocycles. The molecular formula is C14H22N2O2. The van der Waals surface area contributed by atoms with Crippen molar-refractivity contribution in [2.75, 3.05) is 13.1 Å². The van der Waals surface area contributed by atoms with Gasteiger partial charge < -0.3 is 14.6 Å². The van der Waals surface area contributed by atoms with Gasteiger partial charge in [0.25, 0.3) is 0 Å². The molecule has 0 bridgehead atoms. The molecule has 0 spiro atoms. The molecule has 4 heteroatoms. The van der Waals surface area contributed by atoms with Crippen LogP contribution in [0.1, 0.15) is 31.6 Å². The molecule has 0 saturated carbocycles. The minimum absolute atomic E-state index is 0.183. The van der Waals surface area contributed by atoms with Crippen LogP contribution in [0.5, 0.6) is 0 Å². The molecule has 2 rings (SSSR count). The summed E-state index contributed by atoms with van der Waals surface area (Å²) in [4.78, 5) is 13.3. The van der Waals surface area contributed by atoms with Crippen LogP contribution in [-0.4, -0.2) is 29.9 Å². The zero-order valence-corrected chi connectivity index (χ0v) is 11.4. The lowest BCUT2D eigenvalue weighted by atomic mass is 9.93. The highest BCUT2D eigenvalue weighted by Gasteiger charge is 2.26. The van der Waals surface area contributed by atoms with Gasteiger partial charge in [-0.2, -0.15) is 0 Å². The third kappa shape index (κ3) is 2.93. The average molecular weight is 250 g/mol. The smallest absolute Gasteiger partial charge is 0.219 e. The lowest BCUT2D eigenvalue weighted by Crippen LogP contribution is -2.49. The Hall–Kier alpha value is -1.29. The van der Waals surface area contributed by atoms with E-state index >= 15 is 0 Å². The Morgan fingerprint density at radius 2 is 2.39 bits per heavy atom. The average Bonchev–Trinajstić information content (AvgIpc) is 2.73. The molecule has 1 saturated heterocycles. The molecule has 1 N–H and O–H groups in total. The van der Waals surface area contributed by atoms with Crippen molar-refractivity contribution >= 4 is 5.91 Å². The first-order valence-electron chi connectivity index (χ1n) is 6.59. The van der Waals surface area contributed by atoms with Crippen molar-refractivity contribution in [3.8, 4) is 0 Å². The summed E-state index contributed by atoms with van der Waals surface area (Å²) in [5.41, 5.74) is 1.19. The van der Waals surface area contributed by atoms with Crippen molar-refractivity contribution in [1.82, 2.24) is 10.2 Å². The van der Waals surface area contributed by atoms with Crippen molar-refractivity contribution in [1.29, 1.82) is 0 Å². The molecule has 1 aliphatic rings. The number of furan rings is 1. The van der Waals surface area contributed by atoms with Gasteiger partial charge in [-0.25, -0.2) is 0 Å². The molecule has 4 nitrogen and oxygen atoms in total. The number of nitrogens with one attached hydrogen (secondary N) is 1. The molecule has 0 aromatic carbocycles. The summed E-state index contributed by atoms with van der Waals surface area (Å²) in [7, 11) is 0. The predicted octanol–water partition coefficient (Wildman–Crippen LogP) is 1.93. The molecule has 18 heavy (non-hydrogen) atoms. The molecule has 2 unspecified atom stereocenters. The van der Waals surface area contributed by atoms with Crippen molar-refractivity contribution < 1.29 is 9.21 Å². The highest BCUT2D eigenvalue weighted by Crippen LogP contribution is 2.18. The van der Waals surface area contributed by atoms with Gasteiger partial charge in [0, 0.05) is 26.1 Å². The van der Waals surface area contributed by atoms with E-state index in [-0.39, 0.29) is 5.91 Å². The van der Waals surface area contributed by atoms with Crippen molar-refractivity contribution in [3.05, 3.63) is 23.7 Å². The van der Waals surface area contributed by atoms with Crippen molar-refractivity contribution in [2.45, 2.75) is 39.8 Å². The van der Waals surface area contributed by atoms with E-state index in [1.807, 2.05) is 11.0 Å². The lowest BCUT2D eigenvalue weighted by Gasteiger charge is -2.36. The molecule has 2 atom stereocenters. The Kier molecular flexibility index (Phi) is 4.07. The highest BCUT2D eigenvalue weighted by atomic mass is 16.3. The first kappa shape index (κ1) is 13.1. The number of carbonyl (C=O) groups is 1. The van der Waals surface area contributed by atoms with Crippen LogP contribution in [0.2, 0.25) is 0 Å². The largest absolute Gasteiger partial charge is 0.468 e. The molecule has 0 aliphatic carbocycles. The van der Waals surface area contributed by atoms with Gasteiger partial charge in [0.1, 0.15) is 5.76 Å². The molecule has 100 valence electrons. The van der Waals surface area contributed by atoms with Gasteiger partial charge >= 0.3 is 0 Å². The molecular weight excluding hydrogens is 228 g/mol. The Bertz CT molecular complexity index is 414. The molecule has 0 radical (unpaired) electrons. The fourth-order valence-corrected chi connectivity index (χ4v) is 2.54. The number of amides is 1. The van der Waals surface area contributed by atoms with Crippen molar-refractivity contribution in [3.63, 3.8) is 0 Å². The SMILES string of the molecule is CC(=O)N1CCC(NCc2occc2C)C(C)C1. The van der Waals surface area contributed by atoms with Gasteiger partial charge in [0.05, 0.1) is 12.8 Å². The third-order valence-electron chi connectivity index (χ3n) is 3.84. The zero-order chi connectivity index (χ0) is 13.1.